The maximum absolute atomic E-state index is 12.8. The zero-order chi connectivity index (χ0) is 15.7. The van der Waals surface area contributed by atoms with E-state index in [1.54, 1.807) is 43.3 Å². The van der Waals surface area contributed by atoms with E-state index in [-0.39, 0.29) is 6.42 Å². The van der Waals surface area contributed by atoms with Crippen LogP contribution in [0.2, 0.25) is 5.02 Å². The SMILES string of the molecule is CC1=NN(C(=O)c2ccccc2Cl)[C@@](O)(c2ccccc2)C1. The second-order valence-electron chi connectivity index (χ2n) is 5.29. The van der Waals surface area contributed by atoms with Gasteiger partial charge in [-0.05, 0) is 19.1 Å². The fourth-order valence-corrected chi connectivity index (χ4v) is 2.83. The molecule has 5 heteroatoms. The van der Waals surface area contributed by atoms with Crippen LogP contribution in [0.15, 0.2) is 59.7 Å². The van der Waals surface area contributed by atoms with Gasteiger partial charge in [0, 0.05) is 17.7 Å². The summed E-state index contributed by atoms with van der Waals surface area (Å²) in [6.07, 6.45) is 0.271. The Hall–Kier alpha value is -2.17. The number of rotatable bonds is 2. The first kappa shape index (κ1) is 14.8. The van der Waals surface area contributed by atoms with Crippen LogP contribution < -0.4 is 0 Å². The van der Waals surface area contributed by atoms with Crippen LogP contribution in [0, 0.1) is 0 Å². The number of amides is 1. The molecule has 1 amide bonds. The van der Waals surface area contributed by atoms with Gasteiger partial charge in [-0.25, -0.2) is 0 Å². The second-order valence-corrected chi connectivity index (χ2v) is 5.70. The molecule has 0 unspecified atom stereocenters. The predicted octanol–water partition coefficient (Wildman–Crippen LogP) is 3.41. The minimum Gasteiger partial charge on any atom is -0.365 e. The maximum atomic E-state index is 12.8. The van der Waals surface area contributed by atoms with E-state index >= 15 is 0 Å². The molecule has 4 nitrogen and oxygen atoms in total. The normalized spacial score (nSPS) is 20.9. The summed E-state index contributed by atoms with van der Waals surface area (Å²) in [5.74, 6) is -0.422. The van der Waals surface area contributed by atoms with Crippen molar-refractivity contribution in [2.75, 3.05) is 0 Å². The van der Waals surface area contributed by atoms with E-state index < -0.39 is 11.6 Å². The molecule has 3 rings (SSSR count). The average Bonchev–Trinajstić information content (AvgIpc) is 2.84. The first-order chi connectivity index (χ1) is 10.5. The van der Waals surface area contributed by atoms with Crippen LogP contribution in [0.5, 0.6) is 0 Å². The number of carbonyl (C=O) groups is 1. The number of halogens is 1. The molecule has 22 heavy (non-hydrogen) atoms. The van der Waals surface area contributed by atoms with Gasteiger partial charge in [-0.2, -0.15) is 10.1 Å². The zero-order valence-electron chi connectivity index (χ0n) is 12.0. The molecule has 0 saturated heterocycles. The lowest BCUT2D eigenvalue weighted by Gasteiger charge is -2.31. The number of hydrogen-bond donors (Lipinski definition) is 1. The van der Waals surface area contributed by atoms with Gasteiger partial charge in [-0.1, -0.05) is 54.1 Å². The number of benzene rings is 2. The molecule has 0 radical (unpaired) electrons. The van der Waals surface area contributed by atoms with Crippen LogP contribution in [0.4, 0.5) is 0 Å². The topological polar surface area (TPSA) is 52.9 Å². The lowest BCUT2D eigenvalue weighted by Crippen LogP contribution is -2.43. The van der Waals surface area contributed by atoms with Gasteiger partial charge >= 0.3 is 0 Å². The molecule has 1 heterocycles. The summed E-state index contributed by atoms with van der Waals surface area (Å²) in [4.78, 5) is 12.8. The van der Waals surface area contributed by atoms with Crippen molar-refractivity contribution in [3.63, 3.8) is 0 Å². The van der Waals surface area contributed by atoms with Crippen molar-refractivity contribution in [1.82, 2.24) is 5.01 Å². The Labute approximate surface area is 133 Å². The van der Waals surface area contributed by atoms with Crippen molar-refractivity contribution in [1.29, 1.82) is 0 Å². The molecule has 0 fully saturated rings. The summed E-state index contributed by atoms with van der Waals surface area (Å²) in [6, 6.07) is 15.8. The van der Waals surface area contributed by atoms with Crippen molar-refractivity contribution >= 4 is 23.2 Å². The summed E-state index contributed by atoms with van der Waals surface area (Å²) in [7, 11) is 0. The third kappa shape index (κ3) is 2.40. The highest BCUT2D eigenvalue weighted by molar-refractivity contribution is 6.33. The second kappa shape index (κ2) is 5.55. The molecule has 1 aliphatic heterocycles. The molecule has 0 saturated carbocycles. The van der Waals surface area contributed by atoms with Crippen molar-refractivity contribution in [2.45, 2.75) is 19.1 Å². The number of hydrazone groups is 1. The van der Waals surface area contributed by atoms with Crippen LogP contribution in [-0.4, -0.2) is 21.7 Å². The average molecular weight is 315 g/mol. The molecule has 0 aliphatic carbocycles. The molecule has 2 aromatic rings. The van der Waals surface area contributed by atoms with Gasteiger partial charge in [0.15, 0.2) is 5.72 Å². The smallest absolute Gasteiger partial charge is 0.278 e. The van der Waals surface area contributed by atoms with Crippen LogP contribution >= 0.6 is 11.6 Å². The Morgan fingerprint density at radius 3 is 2.50 bits per heavy atom. The summed E-state index contributed by atoms with van der Waals surface area (Å²) < 4.78 is 0. The molecular formula is C17H15ClN2O2. The largest absolute Gasteiger partial charge is 0.365 e. The van der Waals surface area contributed by atoms with Crippen LogP contribution in [0.3, 0.4) is 0 Å². The molecule has 1 aliphatic rings. The quantitative estimate of drug-likeness (QED) is 0.923. The van der Waals surface area contributed by atoms with E-state index in [0.717, 1.165) is 5.01 Å². The van der Waals surface area contributed by atoms with E-state index in [4.69, 9.17) is 11.6 Å². The van der Waals surface area contributed by atoms with Crippen LogP contribution in [0.1, 0.15) is 29.3 Å². The molecule has 2 aromatic carbocycles. The van der Waals surface area contributed by atoms with E-state index in [2.05, 4.69) is 5.10 Å². The van der Waals surface area contributed by atoms with Gasteiger partial charge in [0.1, 0.15) is 0 Å². The third-order valence-corrected chi connectivity index (χ3v) is 3.99. The summed E-state index contributed by atoms with van der Waals surface area (Å²) in [5, 5.41) is 16.7. The Balaban J connectivity index is 2.04. The molecule has 0 bridgehead atoms. The highest BCUT2D eigenvalue weighted by Crippen LogP contribution is 2.36. The first-order valence-corrected chi connectivity index (χ1v) is 7.31. The number of hydrogen-bond acceptors (Lipinski definition) is 3. The van der Waals surface area contributed by atoms with E-state index in [0.29, 0.717) is 21.9 Å². The highest BCUT2D eigenvalue weighted by atomic mass is 35.5. The maximum Gasteiger partial charge on any atom is 0.278 e. The molecule has 1 atom stereocenters. The number of aliphatic hydroxyl groups is 1. The molecule has 0 aromatic heterocycles. The highest BCUT2D eigenvalue weighted by Gasteiger charge is 2.45. The summed E-state index contributed by atoms with van der Waals surface area (Å²) in [6.45, 7) is 1.79. The van der Waals surface area contributed by atoms with E-state index in [1.807, 2.05) is 18.2 Å². The van der Waals surface area contributed by atoms with Crippen LogP contribution in [-0.2, 0) is 5.72 Å². The standard InChI is InChI=1S/C17H15ClN2O2/c1-12-11-17(22,13-7-3-2-4-8-13)20(19-12)16(21)14-9-5-6-10-15(14)18/h2-10,22H,11H2,1H3/t17-/m0/s1. The van der Waals surface area contributed by atoms with Gasteiger partial charge in [-0.15, -0.1) is 0 Å². The Bertz CT molecular complexity index is 745. The van der Waals surface area contributed by atoms with Crippen LogP contribution in [0.25, 0.3) is 0 Å². The number of nitrogens with zero attached hydrogens (tertiary/aromatic N) is 2. The Kier molecular flexibility index (Phi) is 3.72. The van der Waals surface area contributed by atoms with Gasteiger partial charge in [-0.3, -0.25) is 4.79 Å². The number of carbonyl (C=O) groups excluding carboxylic acids is 1. The molecule has 112 valence electrons. The van der Waals surface area contributed by atoms with Crippen molar-refractivity contribution in [3.05, 3.63) is 70.7 Å². The molecular weight excluding hydrogens is 300 g/mol. The fraction of sp³-hybridized carbons (Fsp3) is 0.176. The predicted molar refractivity (Wildman–Crippen MR) is 85.7 cm³/mol. The van der Waals surface area contributed by atoms with Crippen molar-refractivity contribution in [3.8, 4) is 0 Å². The summed E-state index contributed by atoms with van der Waals surface area (Å²) >= 11 is 6.10. The Morgan fingerprint density at radius 2 is 1.82 bits per heavy atom. The molecule has 0 spiro atoms. The first-order valence-electron chi connectivity index (χ1n) is 6.93. The van der Waals surface area contributed by atoms with Gasteiger partial charge < -0.3 is 5.11 Å². The zero-order valence-corrected chi connectivity index (χ0v) is 12.8. The monoisotopic (exact) mass is 314 g/mol. The van der Waals surface area contributed by atoms with Gasteiger partial charge in [0.25, 0.3) is 5.91 Å². The van der Waals surface area contributed by atoms with Crippen molar-refractivity contribution < 1.29 is 9.90 Å². The van der Waals surface area contributed by atoms with E-state index in [1.165, 1.54) is 0 Å². The van der Waals surface area contributed by atoms with Gasteiger partial charge in [0.2, 0.25) is 0 Å². The molecule has 1 N–H and O–H groups in total. The third-order valence-electron chi connectivity index (χ3n) is 3.66. The minimum absolute atomic E-state index is 0.271. The minimum atomic E-state index is -1.48. The lowest BCUT2D eigenvalue weighted by molar-refractivity contribution is -0.0765. The Morgan fingerprint density at radius 1 is 1.18 bits per heavy atom. The van der Waals surface area contributed by atoms with E-state index in [9.17, 15) is 9.90 Å². The van der Waals surface area contributed by atoms with Gasteiger partial charge in [0.05, 0.1) is 10.6 Å². The van der Waals surface area contributed by atoms with Crippen molar-refractivity contribution in [2.24, 2.45) is 5.10 Å². The fourth-order valence-electron chi connectivity index (χ4n) is 2.61. The summed E-state index contributed by atoms with van der Waals surface area (Å²) in [5.41, 5.74) is 0.140. The lowest BCUT2D eigenvalue weighted by atomic mass is 9.97.